The number of ether oxygens (including phenoxy) is 1. The Morgan fingerprint density at radius 2 is 2.18 bits per heavy atom. The Bertz CT molecular complexity index is 511. The van der Waals surface area contributed by atoms with Gasteiger partial charge in [-0.1, -0.05) is 11.8 Å². The van der Waals surface area contributed by atoms with Crippen molar-refractivity contribution in [1.29, 1.82) is 0 Å². The zero-order valence-electron chi connectivity index (χ0n) is 9.19. The average molecular weight is 233 g/mol. The second-order valence-corrected chi connectivity index (χ2v) is 3.17. The molecule has 0 heterocycles. The summed E-state index contributed by atoms with van der Waals surface area (Å²) in [6.45, 7) is 0. The van der Waals surface area contributed by atoms with Crippen LogP contribution in [0.4, 0.5) is 0 Å². The van der Waals surface area contributed by atoms with Crippen molar-refractivity contribution in [2.75, 3.05) is 7.11 Å². The first-order chi connectivity index (χ1) is 8.04. The molecule has 88 valence electrons. The van der Waals surface area contributed by atoms with E-state index in [1.807, 2.05) is 0 Å². The van der Waals surface area contributed by atoms with Crippen LogP contribution in [0, 0.1) is 11.8 Å². The number of nitrogens with two attached hydrogens (primary N) is 1. The fourth-order valence-corrected chi connectivity index (χ4v) is 1.11. The van der Waals surface area contributed by atoms with Crippen molar-refractivity contribution >= 4 is 11.9 Å². The number of hydrogen-bond acceptors (Lipinski definition) is 4. The van der Waals surface area contributed by atoms with Crippen molar-refractivity contribution in [1.82, 2.24) is 0 Å². The summed E-state index contributed by atoms with van der Waals surface area (Å²) >= 11 is 0. The third kappa shape index (κ3) is 3.54. The Hall–Kier alpha value is -2.48. The average Bonchev–Trinajstić information content (AvgIpc) is 2.30. The van der Waals surface area contributed by atoms with Crippen LogP contribution in [0.25, 0.3) is 0 Å². The predicted octanol–water partition coefficient (Wildman–Crippen LogP) is 0.406. The SMILES string of the molecule is COC(=O)c1ccc(O)c(C#CCC(N)=O)c1. The van der Waals surface area contributed by atoms with Gasteiger partial charge in [0.05, 0.1) is 24.7 Å². The van der Waals surface area contributed by atoms with Crippen LogP contribution < -0.4 is 5.73 Å². The molecular formula is C12H11NO4. The number of amides is 1. The second-order valence-electron chi connectivity index (χ2n) is 3.17. The van der Waals surface area contributed by atoms with Gasteiger partial charge in [0.15, 0.2) is 0 Å². The van der Waals surface area contributed by atoms with Gasteiger partial charge >= 0.3 is 5.97 Å². The summed E-state index contributed by atoms with van der Waals surface area (Å²) in [6.07, 6.45) is -0.109. The number of carbonyl (C=O) groups excluding carboxylic acids is 2. The Labute approximate surface area is 98.2 Å². The summed E-state index contributed by atoms with van der Waals surface area (Å²) in [7, 11) is 1.26. The van der Waals surface area contributed by atoms with Gasteiger partial charge in [0.1, 0.15) is 5.75 Å². The third-order valence-electron chi connectivity index (χ3n) is 1.90. The van der Waals surface area contributed by atoms with Crippen LogP contribution in [0.2, 0.25) is 0 Å². The second kappa shape index (κ2) is 5.56. The van der Waals surface area contributed by atoms with Crippen LogP contribution in [0.15, 0.2) is 18.2 Å². The fraction of sp³-hybridized carbons (Fsp3) is 0.167. The Morgan fingerprint density at radius 3 is 2.76 bits per heavy atom. The molecule has 5 heteroatoms. The molecule has 17 heavy (non-hydrogen) atoms. The highest BCUT2D eigenvalue weighted by Gasteiger charge is 2.07. The number of rotatable bonds is 2. The van der Waals surface area contributed by atoms with Crippen molar-refractivity contribution in [3.63, 3.8) is 0 Å². The Morgan fingerprint density at radius 1 is 1.47 bits per heavy atom. The van der Waals surface area contributed by atoms with E-state index in [0.717, 1.165) is 0 Å². The summed E-state index contributed by atoms with van der Waals surface area (Å²) in [5.41, 5.74) is 5.43. The van der Waals surface area contributed by atoms with E-state index in [1.54, 1.807) is 0 Å². The molecule has 0 fully saturated rings. The number of benzene rings is 1. The molecule has 0 atom stereocenters. The van der Waals surface area contributed by atoms with E-state index in [0.29, 0.717) is 0 Å². The third-order valence-corrected chi connectivity index (χ3v) is 1.90. The van der Waals surface area contributed by atoms with Crippen LogP contribution in [0.1, 0.15) is 22.3 Å². The van der Waals surface area contributed by atoms with E-state index in [-0.39, 0.29) is 23.3 Å². The molecule has 0 aliphatic heterocycles. The van der Waals surface area contributed by atoms with Crippen molar-refractivity contribution in [3.05, 3.63) is 29.3 Å². The van der Waals surface area contributed by atoms with Gasteiger partial charge in [-0.2, -0.15) is 0 Å². The Kier molecular flexibility index (Phi) is 4.12. The molecule has 0 bridgehead atoms. The molecule has 0 unspecified atom stereocenters. The molecule has 0 aliphatic carbocycles. The Balaban J connectivity index is 3.01. The fourth-order valence-electron chi connectivity index (χ4n) is 1.11. The summed E-state index contributed by atoms with van der Waals surface area (Å²) in [5, 5.41) is 9.48. The number of methoxy groups -OCH3 is 1. The normalized spacial score (nSPS) is 9.00. The lowest BCUT2D eigenvalue weighted by atomic mass is 10.1. The van der Waals surface area contributed by atoms with Crippen molar-refractivity contribution in [3.8, 4) is 17.6 Å². The van der Waals surface area contributed by atoms with Crippen LogP contribution in [0.3, 0.4) is 0 Å². The van der Waals surface area contributed by atoms with Crippen LogP contribution in [0.5, 0.6) is 5.75 Å². The van der Waals surface area contributed by atoms with Gasteiger partial charge in [0.2, 0.25) is 5.91 Å². The first-order valence-electron chi connectivity index (χ1n) is 4.73. The van der Waals surface area contributed by atoms with Crippen molar-refractivity contribution in [2.24, 2.45) is 5.73 Å². The maximum Gasteiger partial charge on any atom is 0.337 e. The number of primary amides is 1. The lowest BCUT2D eigenvalue weighted by Crippen LogP contribution is -2.08. The number of aromatic hydroxyl groups is 1. The number of hydrogen-bond donors (Lipinski definition) is 2. The predicted molar refractivity (Wildman–Crippen MR) is 60.1 cm³/mol. The molecule has 0 saturated heterocycles. The number of phenols is 1. The highest BCUT2D eigenvalue weighted by Crippen LogP contribution is 2.17. The molecule has 1 aromatic rings. The standard InChI is InChI=1S/C12H11NO4/c1-17-12(16)9-5-6-10(14)8(7-9)3-2-4-11(13)15/h5-7,14H,4H2,1H3,(H2,13,15). The first kappa shape index (κ1) is 12.6. The molecule has 0 radical (unpaired) electrons. The minimum Gasteiger partial charge on any atom is -0.507 e. The number of esters is 1. The summed E-state index contributed by atoms with van der Waals surface area (Å²) in [6, 6.07) is 4.14. The molecule has 0 aromatic heterocycles. The number of carbonyl (C=O) groups is 2. The largest absolute Gasteiger partial charge is 0.507 e. The van der Waals surface area contributed by atoms with Gasteiger partial charge < -0.3 is 15.6 Å². The van der Waals surface area contributed by atoms with Crippen molar-refractivity contribution in [2.45, 2.75) is 6.42 Å². The highest BCUT2D eigenvalue weighted by atomic mass is 16.5. The van der Waals surface area contributed by atoms with E-state index in [4.69, 9.17) is 5.73 Å². The van der Waals surface area contributed by atoms with Gasteiger partial charge in [0, 0.05) is 0 Å². The summed E-state index contributed by atoms with van der Waals surface area (Å²) < 4.78 is 4.53. The first-order valence-corrected chi connectivity index (χ1v) is 4.73. The van der Waals surface area contributed by atoms with Gasteiger partial charge in [-0.25, -0.2) is 4.79 Å². The topological polar surface area (TPSA) is 89.6 Å². The minimum absolute atomic E-state index is 0.0744. The molecule has 1 amide bonds. The maximum absolute atomic E-state index is 11.2. The van der Waals surface area contributed by atoms with Gasteiger partial charge in [-0.05, 0) is 18.2 Å². The monoisotopic (exact) mass is 233 g/mol. The minimum atomic E-state index is -0.555. The van der Waals surface area contributed by atoms with Gasteiger partial charge in [-0.3, -0.25) is 4.79 Å². The summed E-state index contributed by atoms with van der Waals surface area (Å²) in [4.78, 5) is 21.7. The highest BCUT2D eigenvalue weighted by molar-refractivity contribution is 5.90. The van der Waals surface area contributed by atoms with Crippen LogP contribution in [-0.4, -0.2) is 24.1 Å². The molecule has 5 nitrogen and oxygen atoms in total. The maximum atomic E-state index is 11.2. The molecular weight excluding hydrogens is 222 g/mol. The molecule has 0 saturated carbocycles. The van der Waals surface area contributed by atoms with E-state index in [1.165, 1.54) is 25.3 Å². The van der Waals surface area contributed by atoms with Gasteiger partial charge in [0.25, 0.3) is 0 Å². The van der Waals surface area contributed by atoms with E-state index in [9.17, 15) is 14.7 Å². The molecule has 1 rings (SSSR count). The van der Waals surface area contributed by atoms with E-state index >= 15 is 0 Å². The molecule has 1 aromatic carbocycles. The smallest absolute Gasteiger partial charge is 0.337 e. The molecule has 0 spiro atoms. The number of phenolic OH excluding ortho intramolecular Hbond substituents is 1. The van der Waals surface area contributed by atoms with E-state index in [2.05, 4.69) is 16.6 Å². The molecule has 3 N–H and O–H groups in total. The quantitative estimate of drug-likeness (QED) is 0.571. The van der Waals surface area contributed by atoms with Gasteiger partial charge in [-0.15, -0.1) is 0 Å². The molecule has 0 aliphatic rings. The lowest BCUT2D eigenvalue weighted by molar-refractivity contribution is -0.117. The zero-order valence-corrected chi connectivity index (χ0v) is 9.19. The zero-order chi connectivity index (χ0) is 12.8. The van der Waals surface area contributed by atoms with E-state index < -0.39 is 11.9 Å². The van der Waals surface area contributed by atoms with Crippen LogP contribution >= 0.6 is 0 Å². The van der Waals surface area contributed by atoms with Crippen molar-refractivity contribution < 1.29 is 19.4 Å². The lowest BCUT2D eigenvalue weighted by Gasteiger charge is -2.01. The summed E-state index contributed by atoms with van der Waals surface area (Å²) in [5.74, 6) is 3.89. The van der Waals surface area contributed by atoms with Crippen LogP contribution in [-0.2, 0) is 9.53 Å².